The number of esters is 4. The van der Waals surface area contributed by atoms with Crippen LogP contribution in [-0.4, -0.2) is 50.3 Å². The lowest BCUT2D eigenvalue weighted by Crippen LogP contribution is -2.20. The minimum Gasteiger partial charge on any atom is -0.494 e. The van der Waals surface area contributed by atoms with Crippen LogP contribution in [0.15, 0.2) is 284 Å². The van der Waals surface area contributed by atoms with Crippen molar-refractivity contribution in [1.82, 2.24) is 0 Å². The number of ether oxygens (including phenoxy) is 8. The number of fused-ring (bicyclic) bond motifs is 8. The molecule has 0 saturated heterocycles. The van der Waals surface area contributed by atoms with Gasteiger partial charge in [-0.2, -0.15) is 40.9 Å². The second kappa shape index (κ2) is 43.7. The minimum absolute atomic E-state index is 0.0193. The fraction of sp³-hybridized carbons (Fsp3) is 0.321. The minimum atomic E-state index is -0.673. The summed E-state index contributed by atoms with van der Waals surface area (Å²) in [5.74, 6) is 1.21. The van der Waals surface area contributed by atoms with Crippen molar-refractivity contribution in [3.8, 4) is 46.0 Å². The first kappa shape index (κ1) is 95.7. The average molecular weight is 1770 g/mol. The van der Waals surface area contributed by atoms with Gasteiger partial charge in [0.1, 0.15) is 46.0 Å². The summed E-state index contributed by atoms with van der Waals surface area (Å²) in [7, 11) is 0. The van der Waals surface area contributed by atoms with E-state index in [0.717, 1.165) is 96.6 Å². The van der Waals surface area contributed by atoms with Crippen LogP contribution in [0.25, 0.3) is 0 Å². The molecule has 0 N–H and O–H groups in total. The Morgan fingerprint density at radius 1 is 0.227 bits per heavy atom. The van der Waals surface area contributed by atoms with E-state index in [0.29, 0.717) is 116 Å². The number of benzene rings is 12. The van der Waals surface area contributed by atoms with E-state index in [9.17, 15) is 0 Å². The van der Waals surface area contributed by atoms with Gasteiger partial charge in [-0.3, -0.25) is 0 Å². The number of carbonyl (C=O) groups is 4. The Kier molecular flexibility index (Phi) is 31.7. The van der Waals surface area contributed by atoms with Crippen molar-refractivity contribution >= 4 is 69.4 Å². The fourth-order valence-electron chi connectivity index (χ4n) is 14.6. The zero-order valence-electron chi connectivity index (χ0n) is 78.9. The largest absolute Gasteiger partial charge is 0.494 e. The molecule has 680 valence electrons. The van der Waals surface area contributed by atoms with Crippen molar-refractivity contribution in [2.24, 2.45) is 40.9 Å². The zero-order chi connectivity index (χ0) is 93.7. The van der Waals surface area contributed by atoms with Crippen molar-refractivity contribution in [2.75, 3.05) is 26.4 Å². The molecule has 0 fully saturated rings. The highest BCUT2D eigenvalue weighted by atomic mass is 16.6. The summed E-state index contributed by atoms with van der Waals surface area (Å²) in [6.07, 6.45) is 7.94. The van der Waals surface area contributed by atoms with Gasteiger partial charge in [0, 0.05) is 70.2 Å². The van der Waals surface area contributed by atoms with Gasteiger partial charge in [-0.05, 0) is 264 Å². The maximum absolute atomic E-state index is 15.7. The summed E-state index contributed by atoms with van der Waals surface area (Å²) < 4.78 is 51.9. The van der Waals surface area contributed by atoms with Crippen LogP contribution in [0.3, 0.4) is 0 Å². The first-order valence-electron chi connectivity index (χ1n) is 45.9. The first-order valence-corrected chi connectivity index (χ1v) is 45.9. The van der Waals surface area contributed by atoms with E-state index in [2.05, 4.69) is 200 Å². The number of carbonyl (C=O) groups excluding carboxylic acids is 4. The van der Waals surface area contributed by atoms with E-state index in [1.54, 1.807) is 97.1 Å². The van der Waals surface area contributed by atoms with Gasteiger partial charge < -0.3 is 37.9 Å². The van der Waals surface area contributed by atoms with Gasteiger partial charge in [-0.25, -0.2) is 19.2 Å². The molecular formula is C112H120N8O12. The van der Waals surface area contributed by atoms with Crippen molar-refractivity contribution in [2.45, 2.75) is 209 Å². The lowest BCUT2D eigenvalue weighted by Gasteiger charge is -2.29. The van der Waals surface area contributed by atoms with Crippen LogP contribution < -0.4 is 37.9 Å². The lowest BCUT2D eigenvalue weighted by molar-refractivity contribution is 0.0722. The Balaban J connectivity index is 0.988. The van der Waals surface area contributed by atoms with Gasteiger partial charge in [0.05, 0.1) is 94.2 Å². The second-order valence-electron chi connectivity index (χ2n) is 37.5. The molecule has 0 unspecified atom stereocenters. The Hall–Kier alpha value is -13.9. The molecule has 12 aromatic rings. The van der Waals surface area contributed by atoms with Gasteiger partial charge in [0.15, 0.2) is 0 Å². The third kappa shape index (κ3) is 26.3. The molecule has 1 aliphatic carbocycles. The van der Waals surface area contributed by atoms with Crippen LogP contribution >= 0.6 is 0 Å². The zero-order valence-corrected chi connectivity index (χ0v) is 78.9. The van der Waals surface area contributed by atoms with E-state index in [-0.39, 0.29) is 70.9 Å². The summed E-state index contributed by atoms with van der Waals surface area (Å²) in [6.45, 7) is 36.5. The Bertz CT molecular complexity index is 5290. The van der Waals surface area contributed by atoms with Crippen molar-refractivity contribution in [3.63, 3.8) is 0 Å². The Morgan fingerprint density at radius 3 is 0.508 bits per heavy atom. The number of unbranched alkanes of at least 4 members (excludes halogenated alkanes) is 4. The summed E-state index contributed by atoms with van der Waals surface area (Å²) in [6, 6.07) is 73.2. The van der Waals surface area contributed by atoms with Crippen LogP contribution in [0.1, 0.15) is 270 Å². The van der Waals surface area contributed by atoms with Crippen molar-refractivity contribution in [1.29, 1.82) is 0 Å². The van der Waals surface area contributed by atoms with E-state index in [1.807, 2.05) is 97.1 Å². The molecular weight excluding hydrogens is 1650 g/mol. The highest BCUT2D eigenvalue weighted by molar-refractivity contribution is 5.94. The smallest absolute Gasteiger partial charge is 0.343 e. The van der Waals surface area contributed by atoms with Gasteiger partial charge in [0.2, 0.25) is 0 Å². The van der Waals surface area contributed by atoms with Gasteiger partial charge in [-0.1, -0.05) is 185 Å². The SMILES string of the molecule is CCCCOc1ccc(N=Nc2ccc(C(=O)Oc3c4cc(C(C)(C)C)cc3Cc3cc(C(C)(C)C)cc(c3OC(=O)c3ccc(N=Nc5ccc(OCCCC)cc5)cc3)Cc3cc(C(C)(C)C)cc(c3OC(=O)c3ccc(N=Nc5ccc(OCCCC)cc5)cc3)Cc3cc(C(C)(C)C)cc(c3OC(=O)c3ccc(N=Nc5ccc(OCCCC)cc5)cc3)C4)cc2)cc1. The molecule has 0 aromatic heterocycles. The van der Waals surface area contributed by atoms with E-state index in [4.69, 9.17) is 37.9 Å². The molecule has 0 amide bonds. The van der Waals surface area contributed by atoms with E-state index < -0.39 is 45.5 Å². The predicted octanol–water partition coefficient (Wildman–Crippen LogP) is 30.8. The molecule has 0 spiro atoms. The fourth-order valence-corrected chi connectivity index (χ4v) is 14.6. The predicted molar refractivity (Wildman–Crippen MR) is 521 cm³/mol. The Labute approximate surface area is 776 Å². The molecule has 12 aromatic carbocycles. The molecule has 132 heavy (non-hydrogen) atoms. The molecule has 0 saturated carbocycles. The molecule has 13 rings (SSSR count). The molecule has 20 nitrogen and oxygen atoms in total. The summed E-state index contributed by atoms with van der Waals surface area (Å²) in [5, 5.41) is 36.3. The average Bonchev–Trinajstić information content (AvgIpc) is 0.754. The normalized spacial score (nSPS) is 12.5. The first-order chi connectivity index (χ1) is 63.3. The number of hydrogen-bond donors (Lipinski definition) is 0. The monoisotopic (exact) mass is 1770 g/mol. The standard InChI is InChI=1S/C112H120N8O12/c1-17-21-57-125-97-49-41-93(42-50-97)117-113-89-33-25-73(26-34-89)105(121)129-101-77-61-79-67-86(110(8,9)10)69-81(102(79)130-106(122)74-27-35-90(36-28-74)114-118-94-43-51-98(52-44-94)126-58-22-18-2)63-83-71-88(112(14,15)16)72-84(104(83)132-108(124)76-31-39-92(40-32-76)116-120-96-47-55-100(56-48-96)128-60-24-20-4)64-82-70-87(111(11,12)13)68-80(62-78(101)66-85(65-77)109(5,6)7)103(82)131-107(123)75-29-37-91(38-30-75)115-119-95-45-53-99(54-46-95)127-59-23-19-3/h25-56,65-72H,17-24,57-64H2,1-16H3. The molecule has 0 radical (unpaired) electrons. The molecule has 0 heterocycles. The maximum atomic E-state index is 15.7. The number of azo groups is 4. The summed E-state index contributed by atoms with van der Waals surface area (Å²) >= 11 is 0. The number of nitrogens with zero attached hydrogens (tertiary/aromatic N) is 8. The molecule has 20 heteroatoms. The topological polar surface area (TPSA) is 241 Å². The third-order valence-corrected chi connectivity index (χ3v) is 22.7. The number of rotatable bonds is 32. The summed E-state index contributed by atoms with van der Waals surface area (Å²) in [4.78, 5) is 62.7. The third-order valence-electron chi connectivity index (χ3n) is 22.7. The lowest BCUT2D eigenvalue weighted by atomic mass is 9.79. The van der Waals surface area contributed by atoms with Crippen molar-refractivity contribution < 1.29 is 57.1 Å². The molecule has 1 aliphatic rings. The van der Waals surface area contributed by atoms with Gasteiger partial charge in [0.25, 0.3) is 0 Å². The second-order valence-corrected chi connectivity index (χ2v) is 37.5. The van der Waals surface area contributed by atoms with Crippen LogP contribution in [0.5, 0.6) is 46.0 Å². The van der Waals surface area contributed by atoms with Crippen LogP contribution in [0, 0.1) is 0 Å². The maximum Gasteiger partial charge on any atom is 0.343 e. The van der Waals surface area contributed by atoms with Gasteiger partial charge >= 0.3 is 23.9 Å². The Morgan fingerprint density at radius 2 is 0.371 bits per heavy atom. The highest BCUT2D eigenvalue weighted by Crippen LogP contribution is 2.47. The van der Waals surface area contributed by atoms with Crippen LogP contribution in [-0.2, 0) is 47.3 Å². The highest BCUT2D eigenvalue weighted by Gasteiger charge is 2.33. The van der Waals surface area contributed by atoms with Crippen molar-refractivity contribution in [3.05, 3.63) is 332 Å². The molecule has 0 aliphatic heterocycles. The van der Waals surface area contributed by atoms with Crippen LogP contribution in [0.4, 0.5) is 45.5 Å². The van der Waals surface area contributed by atoms with E-state index >= 15 is 19.2 Å². The molecule has 0 atom stereocenters. The molecule has 8 bridgehead atoms. The van der Waals surface area contributed by atoms with Crippen LogP contribution in [0.2, 0.25) is 0 Å². The summed E-state index contributed by atoms with van der Waals surface area (Å²) in [5.41, 5.74) is 11.3. The van der Waals surface area contributed by atoms with E-state index in [1.165, 1.54) is 0 Å². The number of hydrogen-bond acceptors (Lipinski definition) is 20. The quantitative estimate of drug-likeness (QED) is 0.0165. The van der Waals surface area contributed by atoms with Gasteiger partial charge in [-0.15, -0.1) is 0 Å².